The molecule has 0 fully saturated rings. The molecule has 20 heavy (non-hydrogen) atoms. The van der Waals surface area contributed by atoms with Crippen LogP contribution in [-0.2, 0) is 10.0 Å². The fraction of sp³-hybridized carbons (Fsp3) is 0.308. The van der Waals surface area contributed by atoms with Crippen molar-refractivity contribution in [3.05, 3.63) is 41.9 Å². The Hall–Kier alpha value is -1.86. The molecule has 1 aromatic heterocycles. The van der Waals surface area contributed by atoms with Gasteiger partial charge in [0.05, 0.1) is 11.9 Å². The number of hydrogen-bond donors (Lipinski definition) is 3. The van der Waals surface area contributed by atoms with Crippen LogP contribution in [0, 0.1) is 6.92 Å². The molecule has 3 N–H and O–H groups in total. The summed E-state index contributed by atoms with van der Waals surface area (Å²) in [5.74, 6) is 0.558. The van der Waals surface area contributed by atoms with Gasteiger partial charge < -0.3 is 10.3 Å². The third-order valence-electron chi connectivity index (χ3n) is 3.07. The van der Waals surface area contributed by atoms with Crippen LogP contribution < -0.4 is 10.0 Å². The van der Waals surface area contributed by atoms with Crippen LogP contribution in [0.15, 0.2) is 35.5 Å². The number of aromatic nitrogens is 2. The fourth-order valence-corrected chi connectivity index (χ4v) is 2.92. The molecule has 1 atom stereocenters. The number of para-hydroxylation sites is 1. The van der Waals surface area contributed by atoms with Crippen molar-refractivity contribution in [3.8, 4) is 0 Å². The lowest BCUT2D eigenvalue weighted by molar-refractivity contribution is 0.597. The number of aromatic amines is 1. The summed E-state index contributed by atoms with van der Waals surface area (Å²) >= 11 is 0. The average Bonchev–Trinajstić information content (AvgIpc) is 2.86. The first-order valence-corrected chi connectivity index (χ1v) is 7.73. The van der Waals surface area contributed by atoms with Crippen LogP contribution in [0.2, 0.25) is 0 Å². The highest BCUT2D eigenvalue weighted by atomic mass is 32.2. The highest BCUT2D eigenvalue weighted by molar-refractivity contribution is 7.92. The first kappa shape index (κ1) is 14.5. The molecule has 0 saturated carbocycles. The molecular weight excluding hydrogens is 276 g/mol. The quantitative estimate of drug-likeness (QED) is 0.784. The van der Waals surface area contributed by atoms with Gasteiger partial charge in [-0.25, -0.2) is 4.98 Å². The molecule has 2 rings (SSSR count). The molecule has 2 aromatic rings. The molecule has 0 radical (unpaired) electrons. The summed E-state index contributed by atoms with van der Waals surface area (Å²) in [7, 11) is -1.82. The van der Waals surface area contributed by atoms with Gasteiger partial charge in [-0.05, 0) is 32.5 Å². The van der Waals surface area contributed by atoms with E-state index in [4.69, 9.17) is 0 Å². The summed E-state index contributed by atoms with van der Waals surface area (Å²) in [6.45, 7) is 3.67. The molecule has 1 aromatic carbocycles. The van der Waals surface area contributed by atoms with Crippen LogP contribution in [0.25, 0.3) is 0 Å². The second kappa shape index (κ2) is 5.64. The molecule has 7 heteroatoms. The molecule has 6 nitrogen and oxygen atoms in total. The molecule has 1 heterocycles. The second-order valence-corrected chi connectivity index (χ2v) is 6.19. The number of nitrogens with zero attached hydrogens (tertiary/aromatic N) is 1. The van der Waals surface area contributed by atoms with E-state index in [1.165, 1.54) is 6.20 Å². The molecular formula is C13H18N4O2S. The fourth-order valence-electron chi connectivity index (χ4n) is 1.86. The van der Waals surface area contributed by atoms with Crippen LogP contribution >= 0.6 is 0 Å². The Morgan fingerprint density at radius 2 is 2.00 bits per heavy atom. The standard InChI is InChI=1S/C13H18N4O2S/c1-9(14-3)11-6-4-5-7-12(11)17-20(18,19)13-8-15-10(2)16-13/h4-9,14,17H,1-3H3,(H,15,16). The van der Waals surface area contributed by atoms with Crippen molar-refractivity contribution in [2.45, 2.75) is 24.9 Å². The Balaban J connectivity index is 2.35. The van der Waals surface area contributed by atoms with Crippen LogP contribution in [0.4, 0.5) is 5.69 Å². The van der Waals surface area contributed by atoms with E-state index in [1.807, 2.05) is 26.1 Å². The number of hydrogen-bond acceptors (Lipinski definition) is 4. The van der Waals surface area contributed by atoms with E-state index in [2.05, 4.69) is 20.0 Å². The second-order valence-electron chi connectivity index (χ2n) is 4.54. The van der Waals surface area contributed by atoms with Crippen molar-refractivity contribution >= 4 is 15.7 Å². The number of anilines is 1. The van der Waals surface area contributed by atoms with E-state index in [0.29, 0.717) is 11.5 Å². The van der Waals surface area contributed by atoms with Gasteiger partial charge >= 0.3 is 0 Å². The van der Waals surface area contributed by atoms with Gasteiger partial charge in [0, 0.05) is 6.04 Å². The summed E-state index contributed by atoms with van der Waals surface area (Å²) < 4.78 is 27.1. The Morgan fingerprint density at radius 1 is 1.30 bits per heavy atom. The lowest BCUT2D eigenvalue weighted by Crippen LogP contribution is -2.18. The summed E-state index contributed by atoms with van der Waals surface area (Å²) in [6.07, 6.45) is 1.31. The maximum absolute atomic E-state index is 12.3. The van der Waals surface area contributed by atoms with Crippen molar-refractivity contribution in [3.63, 3.8) is 0 Å². The van der Waals surface area contributed by atoms with Gasteiger partial charge in [-0.3, -0.25) is 4.72 Å². The Bertz CT molecular complexity index is 694. The number of nitrogens with one attached hydrogen (secondary N) is 3. The van der Waals surface area contributed by atoms with Crippen molar-refractivity contribution in [2.24, 2.45) is 0 Å². The molecule has 0 aliphatic carbocycles. The molecule has 0 spiro atoms. The number of sulfonamides is 1. The summed E-state index contributed by atoms with van der Waals surface area (Å²) in [6, 6.07) is 7.34. The minimum atomic E-state index is -3.65. The van der Waals surface area contributed by atoms with E-state index < -0.39 is 10.0 Å². The normalized spacial score (nSPS) is 13.2. The lowest BCUT2D eigenvalue weighted by atomic mass is 10.1. The van der Waals surface area contributed by atoms with Crippen molar-refractivity contribution in [1.29, 1.82) is 0 Å². The number of benzene rings is 1. The van der Waals surface area contributed by atoms with Crippen molar-refractivity contribution < 1.29 is 8.42 Å². The minimum Gasteiger partial charge on any atom is -0.332 e. The van der Waals surface area contributed by atoms with Crippen LogP contribution in [0.3, 0.4) is 0 Å². The predicted octanol–water partition coefficient (Wildman–Crippen LogP) is 1.80. The van der Waals surface area contributed by atoms with E-state index in [-0.39, 0.29) is 11.1 Å². The Labute approximate surface area is 118 Å². The third-order valence-corrected chi connectivity index (χ3v) is 4.35. The van der Waals surface area contributed by atoms with Crippen molar-refractivity contribution in [1.82, 2.24) is 15.3 Å². The maximum atomic E-state index is 12.3. The summed E-state index contributed by atoms with van der Waals surface area (Å²) in [5, 5.41) is 3.15. The number of aryl methyl sites for hydroxylation is 1. The van der Waals surface area contributed by atoms with Gasteiger partial charge in [-0.2, -0.15) is 8.42 Å². The average molecular weight is 294 g/mol. The molecule has 108 valence electrons. The topological polar surface area (TPSA) is 86.9 Å². The largest absolute Gasteiger partial charge is 0.332 e. The maximum Gasteiger partial charge on any atom is 0.278 e. The van der Waals surface area contributed by atoms with Gasteiger partial charge in [-0.15, -0.1) is 0 Å². The molecule has 1 unspecified atom stereocenters. The Morgan fingerprint density at radius 3 is 2.60 bits per heavy atom. The van der Waals surface area contributed by atoms with E-state index in [1.54, 1.807) is 19.1 Å². The summed E-state index contributed by atoms with van der Waals surface area (Å²) in [4.78, 5) is 6.63. The van der Waals surface area contributed by atoms with E-state index in [0.717, 1.165) is 5.56 Å². The van der Waals surface area contributed by atoms with E-state index in [9.17, 15) is 8.42 Å². The first-order valence-electron chi connectivity index (χ1n) is 6.24. The zero-order chi connectivity index (χ0) is 14.8. The van der Waals surface area contributed by atoms with Crippen LogP contribution in [0.1, 0.15) is 24.4 Å². The highest BCUT2D eigenvalue weighted by Gasteiger charge is 2.19. The van der Waals surface area contributed by atoms with Crippen molar-refractivity contribution in [2.75, 3.05) is 11.8 Å². The zero-order valence-electron chi connectivity index (χ0n) is 11.6. The number of imidazole rings is 1. The molecule has 0 saturated heterocycles. The van der Waals surface area contributed by atoms with Gasteiger partial charge in [0.15, 0.2) is 5.03 Å². The van der Waals surface area contributed by atoms with Crippen LogP contribution in [-0.4, -0.2) is 25.4 Å². The predicted molar refractivity (Wildman–Crippen MR) is 78.0 cm³/mol. The van der Waals surface area contributed by atoms with Crippen LogP contribution in [0.5, 0.6) is 0 Å². The monoisotopic (exact) mass is 294 g/mol. The van der Waals surface area contributed by atoms with Gasteiger partial charge in [0.1, 0.15) is 5.82 Å². The smallest absolute Gasteiger partial charge is 0.278 e. The first-order chi connectivity index (χ1) is 9.44. The molecule has 0 aliphatic rings. The molecule has 0 aliphatic heterocycles. The number of H-pyrrole nitrogens is 1. The summed E-state index contributed by atoms with van der Waals surface area (Å²) in [5.41, 5.74) is 1.44. The minimum absolute atomic E-state index is 0.0393. The van der Waals surface area contributed by atoms with Gasteiger partial charge in [0.2, 0.25) is 0 Å². The molecule has 0 amide bonds. The molecule has 0 bridgehead atoms. The van der Waals surface area contributed by atoms with Gasteiger partial charge in [-0.1, -0.05) is 18.2 Å². The zero-order valence-corrected chi connectivity index (χ0v) is 12.5. The Kier molecular flexibility index (Phi) is 4.10. The van der Waals surface area contributed by atoms with E-state index >= 15 is 0 Å². The van der Waals surface area contributed by atoms with Gasteiger partial charge in [0.25, 0.3) is 10.0 Å². The third kappa shape index (κ3) is 3.00. The lowest BCUT2D eigenvalue weighted by Gasteiger charge is -2.16. The number of rotatable bonds is 5. The highest BCUT2D eigenvalue weighted by Crippen LogP contribution is 2.24. The SMILES string of the molecule is CNC(C)c1ccccc1NS(=O)(=O)c1cnc(C)[nH]1.